The molecule has 2 rings (SSSR count). The van der Waals surface area contributed by atoms with Gasteiger partial charge in [0.2, 0.25) is 0 Å². The minimum Gasteiger partial charge on any atom is -0.376 e. The van der Waals surface area contributed by atoms with Crippen LogP contribution in [0.25, 0.3) is 0 Å². The standard InChI is InChI=1S/C11H20N4O/c1-2-5-12-7-11-13-9-14-15(11)8-10-4-3-6-16-10/h9-10,12H,2-8H2,1H3. The molecule has 1 aliphatic rings. The van der Waals surface area contributed by atoms with E-state index in [0.29, 0.717) is 6.10 Å². The molecule has 0 aromatic carbocycles. The molecule has 0 aliphatic carbocycles. The molecule has 1 atom stereocenters. The molecular weight excluding hydrogens is 204 g/mol. The van der Waals surface area contributed by atoms with Crippen LogP contribution >= 0.6 is 0 Å². The Labute approximate surface area is 96.2 Å². The van der Waals surface area contributed by atoms with Crippen molar-refractivity contribution in [1.82, 2.24) is 20.1 Å². The second kappa shape index (κ2) is 5.96. The normalized spacial score (nSPS) is 20.4. The fourth-order valence-corrected chi connectivity index (χ4v) is 1.94. The highest BCUT2D eigenvalue weighted by atomic mass is 16.5. The summed E-state index contributed by atoms with van der Waals surface area (Å²) in [5, 5.41) is 7.58. The Morgan fingerprint density at radius 2 is 2.56 bits per heavy atom. The van der Waals surface area contributed by atoms with Crippen LogP contribution in [0.2, 0.25) is 0 Å². The van der Waals surface area contributed by atoms with E-state index in [0.717, 1.165) is 44.9 Å². The van der Waals surface area contributed by atoms with Crippen molar-refractivity contribution in [3.63, 3.8) is 0 Å². The highest BCUT2D eigenvalue weighted by molar-refractivity contribution is 4.85. The Balaban J connectivity index is 1.85. The highest BCUT2D eigenvalue weighted by Gasteiger charge is 2.17. The van der Waals surface area contributed by atoms with Gasteiger partial charge in [0, 0.05) is 6.61 Å². The molecule has 0 amide bonds. The zero-order chi connectivity index (χ0) is 11.2. The molecule has 1 fully saturated rings. The molecule has 90 valence electrons. The number of nitrogens with one attached hydrogen (secondary N) is 1. The number of nitrogens with zero attached hydrogens (tertiary/aromatic N) is 3. The van der Waals surface area contributed by atoms with E-state index in [9.17, 15) is 0 Å². The summed E-state index contributed by atoms with van der Waals surface area (Å²) in [4.78, 5) is 4.26. The van der Waals surface area contributed by atoms with Crippen molar-refractivity contribution in [2.24, 2.45) is 0 Å². The van der Waals surface area contributed by atoms with E-state index >= 15 is 0 Å². The van der Waals surface area contributed by atoms with Crippen molar-refractivity contribution in [2.45, 2.75) is 45.4 Å². The molecule has 1 aromatic rings. The maximum atomic E-state index is 5.60. The topological polar surface area (TPSA) is 52.0 Å². The monoisotopic (exact) mass is 224 g/mol. The molecule has 16 heavy (non-hydrogen) atoms. The third-order valence-corrected chi connectivity index (χ3v) is 2.81. The van der Waals surface area contributed by atoms with Crippen LogP contribution in [0.4, 0.5) is 0 Å². The molecule has 0 saturated carbocycles. The largest absolute Gasteiger partial charge is 0.376 e. The van der Waals surface area contributed by atoms with E-state index in [1.807, 2.05) is 4.68 Å². The van der Waals surface area contributed by atoms with Crippen molar-refractivity contribution < 1.29 is 4.74 Å². The highest BCUT2D eigenvalue weighted by Crippen LogP contribution is 2.13. The van der Waals surface area contributed by atoms with Crippen LogP contribution in [0.3, 0.4) is 0 Å². The van der Waals surface area contributed by atoms with Crippen LogP contribution in [0, 0.1) is 0 Å². The third kappa shape index (κ3) is 3.02. The zero-order valence-electron chi connectivity index (χ0n) is 9.85. The van der Waals surface area contributed by atoms with Gasteiger partial charge in [-0.25, -0.2) is 9.67 Å². The molecule has 2 heterocycles. The molecular formula is C11H20N4O. The molecule has 5 nitrogen and oxygen atoms in total. The lowest BCUT2D eigenvalue weighted by Gasteiger charge is -2.11. The Bertz CT molecular complexity index is 307. The van der Waals surface area contributed by atoms with Crippen molar-refractivity contribution >= 4 is 0 Å². The molecule has 0 radical (unpaired) electrons. The van der Waals surface area contributed by atoms with E-state index in [2.05, 4.69) is 22.3 Å². The van der Waals surface area contributed by atoms with Gasteiger partial charge < -0.3 is 10.1 Å². The van der Waals surface area contributed by atoms with Crippen molar-refractivity contribution in [3.8, 4) is 0 Å². The molecule has 5 heteroatoms. The first-order chi connectivity index (χ1) is 7.90. The minimum absolute atomic E-state index is 0.326. The molecule has 1 saturated heterocycles. The molecule has 1 aromatic heterocycles. The average molecular weight is 224 g/mol. The summed E-state index contributed by atoms with van der Waals surface area (Å²) in [6.07, 6.45) is 5.40. The van der Waals surface area contributed by atoms with Crippen LogP contribution in [0.5, 0.6) is 0 Å². The van der Waals surface area contributed by atoms with E-state index in [1.165, 1.54) is 6.42 Å². The van der Waals surface area contributed by atoms with Gasteiger partial charge in [0.15, 0.2) is 0 Å². The molecule has 1 N–H and O–H groups in total. The Hall–Kier alpha value is -0.940. The zero-order valence-corrected chi connectivity index (χ0v) is 9.85. The summed E-state index contributed by atoms with van der Waals surface area (Å²) in [6.45, 7) is 5.70. The number of aromatic nitrogens is 3. The van der Waals surface area contributed by atoms with Gasteiger partial charge in [-0.1, -0.05) is 6.92 Å². The summed E-state index contributed by atoms with van der Waals surface area (Å²) >= 11 is 0. The van der Waals surface area contributed by atoms with E-state index in [1.54, 1.807) is 6.33 Å². The van der Waals surface area contributed by atoms with E-state index in [4.69, 9.17) is 4.74 Å². The van der Waals surface area contributed by atoms with Gasteiger partial charge in [-0.3, -0.25) is 0 Å². The smallest absolute Gasteiger partial charge is 0.140 e. The van der Waals surface area contributed by atoms with Gasteiger partial charge in [0.05, 0.1) is 19.2 Å². The molecule has 0 spiro atoms. The fourth-order valence-electron chi connectivity index (χ4n) is 1.94. The number of hydrogen-bond acceptors (Lipinski definition) is 4. The Morgan fingerprint density at radius 1 is 1.62 bits per heavy atom. The number of ether oxygens (including phenoxy) is 1. The molecule has 1 unspecified atom stereocenters. The quantitative estimate of drug-likeness (QED) is 0.731. The van der Waals surface area contributed by atoms with Gasteiger partial charge in [0.25, 0.3) is 0 Å². The second-order valence-corrected chi connectivity index (χ2v) is 4.17. The van der Waals surface area contributed by atoms with Crippen molar-refractivity contribution in [1.29, 1.82) is 0 Å². The van der Waals surface area contributed by atoms with Crippen LogP contribution < -0.4 is 5.32 Å². The van der Waals surface area contributed by atoms with Crippen LogP contribution in [-0.4, -0.2) is 34.0 Å². The molecule has 1 aliphatic heterocycles. The van der Waals surface area contributed by atoms with Crippen LogP contribution in [0.15, 0.2) is 6.33 Å². The lowest BCUT2D eigenvalue weighted by molar-refractivity contribution is 0.0930. The predicted molar refractivity (Wildman–Crippen MR) is 61.0 cm³/mol. The number of hydrogen-bond donors (Lipinski definition) is 1. The van der Waals surface area contributed by atoms with Gasteiger partial charge in [-0.15, -0.1) is 0 Å². The molecule has 0 bridgehead atoms. The lowest BCUT2D eigenvalue weighted by Crippen LogP contribution is -2.22. The van der Waals surface area contributed by atoms with Crippen LogP contribution in [-0.2, 0) is 17.8 Å². The summed E-state index contributed by atoms with van der Waals surface area (Å²) in [5.74, 6) is 1.00. The van der Waals surface area contributed by atoms with E-state index in [-0.39, 0.29) is 0 Å². The summed E-state index contributed by atoms with van der Waals surface area (Å²) in [5.41, 5.74) is 0. The predicted octanol–water partition coefficient (Wildman–Crippen LogP) is 0.957. The first-order valence-corrected chi connectivity index (χ1v) is 6.09. The fraction of sp³-hybridized carbons (Fsp3) is 0.818. The first-order valence-electron chi connectivity index (χ1n) is 6.09. The third-order valence-electron chi connectivity index (χ3n) is 2.81. The number of rotatable bonds is 6. The summed E-state index contributed by atoms with van der Waals surface area (Å²) in [7, 11) is 0. The van der Waals surface area contributed by atoms with E-state index < -0.39 is 0 Å². The van der Waals surface area contributed by atoms with Gasteiger partial charge in [-0.2, -0.15) is 5.10 Å². The van der Waals surface area contributed by atoms with Gasteiger partial charge in [-0.05, 0) is 25.8 Å². The van der Waals surface area contributed by atoms with Crippen molar-refractivity contribution in [3.05, 3.63) is 12.2 Å². The summed E-state index contributed by atoms with van der Waals surface area (Å²) < 4.78 is 7.55. The first kappa shape index (κ1) is 11.5. The maximum Gasteiger partial charge on any atom is 0.140 e. The average Bonchev–Trinajstić information content (AvgIpc) is 2.92. The lowest BCUT2D eigenvalue weighted by atomic mass is 10.2. The van der Waals surface area contributed by atoms with Gasteiger partial charge >= 0.3 is 0 Å². The Kier molecular flexibility index (Phi) is 4.30. The van der Waals surface area contributed by atoms with Gasteiger partial charge in [0.1, 0.15) is 12.2 Å². The summed E-state index contributed by atoms with van der Waals surface area (Å²) in [6, 6.07) is 0. The Morgan fingerprint density at radius 3 is 3.31 bits per heavy atom. The van der Waals surface area contributed by atoms with Crippen molar-refractivity contribution in [2.75, 3.05) is 13.2 Å². The maximum absolute atomic E-state index is 5.60. The second-order valence-electron chi connectivity index (χ2n) is 4.17. The minimum atomic E-state index is 0.326. The SMILES string of the molecule is CCCNCc1ncnn1CC1CCCO1. The van der Waals surface area contributed by atoms with Crippen LogP contribution in [0.1, 0.15) is 32.0 Å².